The molecule has 2 heterocycles. The van der Waals surface area contributed by atoms with Crippen molar-refractivity contribution in [2.45, 2.75) is 25.8 Å². The van der Waals surface area contributed by atoms with E-state index in [9.17, 15) is 0 Å². The first-order valence-electron chi connectivity index (χ1n) is 8.12. The van der Waals surface area contributed by atoms with Gasteiger partial charge in [0, 0.05) is 16.8 Å². The molecule has 120 valence electrons. The third kappa shape index (κ3) is 2.67. The van der Waals surface area contributed by atoms with Crippen molar-refractivity contribution in [1.82, 2.24) is 25.3 Å². The summed E-state index contributed by atoms with van der Waals surface area (Å²) in [6.07, 6.45) is 1.94. The quantitative estimate of drug-likeness (QED) is 0.612. The van der Waals surface area contributed by atoms with Crippen molar-refractivity contribution >= 4 is 22.2 Å². The number of hydrogen-bond donors (Lipinski definition) is 1. The lowest BCUT2D eigenvalue weighted by Gasteiger charge is -2.18. The first-order chi connectivity index (χ1) is 11.8. The topological polar surface area (TPSA) is 68.0 Å². The van der Waals surface area contributed by atoms with Crippen molar-refractivity contribution in [3.8, 4) is 0 Å². The maximum Gasteiger partial charge on any atom is 0.207 e. The zero-order valence-electron chi connectivity index (χ0n) is 13.4. The minimum absolute atomic E-state index is 0.289. The van der Waals surface area contributed by atoms with Crippen LogP contribution in [0.4, 0.5) is 5.82 Å². The zero-order chi connectivity index (χ0) is 16.4. The van der Waals surface area contributed by atoms with Crippen molar-refractivity contribution in [1.29, 1.82) is 0 Å². The molecule has 2 aromatic carbocycles. The van der Waals surface area contributed by atoms with E-state index in [1.165, 1.54) is 10.2 Å². The van der Waals surface area contributed by atoms with Gasteiger partial charge in [-0.2, -0.15) is 0 Å². The van der Waals surface area contributed by atoms with Crippen molar-refractivity contribution in [2.24, 2.45) is 0 Å². The van der Waals surface area contributed by atoms with Crippen molar-refractivity contribution in [3.63, 3.8) is 0 Å². The monoisotopic (exact) mass is 318 g/mol. The molecular weight excluding hydrogens is 300 g/mol. The van der Waals surface area contributed by atoms with Gasteiger partial charge in [-0.05, 0) is 28.8 Å². The second-order valence-corrected chi connectivity index (χ2v) is 5.83. The molecule has 0 aliphatic rings. The molecule has 2 aromatic heterocycles. The number of tetrazole rings is 1. The number of benzene rings is 2. The Morgan fingerprint density at radius 2 is 1.75 bits per heavy atom. The molecule has 0 aliphatic heterocycles. The number of hydrogen-bond acceptors (Lipinski definition) is 5. The molecule has 0 radical (unpaired) electrons. The van der Waals surface area contributed by atoms with Gasteiger partial charge in [-0.1, -0.05) is 61.5 Å². The lowest BCUT2D eigenvalue weighted by molar-refractivity contribution is 0.675. The summed E-state index contributed by atoms with van der Waals surface area (Å²) in [6, 6.07) is 18.8. The molecule has 0 aliphatic carbocycles. The average Bonchev–Trinajstić information content (AvgIpc) is 3.11. The van der Waals surface area contributed by atoms with Gasteiger partial charge >= 0.3 is 0 Å². The molecule has 0 unspecified atom stereocenters. The van der Waals surface area contributed by atoms with Crippen LogP contribution < -0.4 is 5.32 Å². The molecule has 0 spiro atoms. The number of aromatic nitrogens is 5. The molecule has 1 N–H and O–H groups in total. The third-order valence-electron chi connectivity index (χ3n) is 4.23. The van der Waals surface area contributed by atoms with E-state index in [2.05, 4.69) is 63.2 Å². The highest BCUT2D eigenvalue weighted by Crippen LogP contribution is 2.24. The van der Waals surface area contributed by atoms with Gasteiger partial charge < -0.3 is 5.32 Å². The van der Waals surface area contributed by atoms with Gasteiger partial charge in [0.1, 0.15) is 0 Å². The van der Waals surface area contributed by atoms with E-state index in [0.29, 0.717) is 5.65 Å². The Kier molecular flexibility index (Phi) is 3.78. The Balaban J connectivity index is 1.71. The molecule has 0 saturated heterocycles. The van der Waals surface area contributed by atoms with Gasteiger partial charge in [0.05, 0.1) is 0 Å². The zero-order valence-corrected chi connectivity index (χ0v) is 13.4. The van der Waals surface area contributed by atoms with Crippen LogP contribution in [0.5, 0.6) is 0 Å². The molecule has 1 atom stereocenters. The summed E-state index contributed by atoms with van der Waals surface area (Å²) in [6.45, 7) is 2.18. The number of nitrogens with one attached hydrogen (secondary N) is 1. The summed E-state index contributed by atoms with van der Waals surface area (Å²) in [4.78, 5) is 0. The fourth-order valence-electron chi connectivity index (χ4n) is 2.94. The van der Waals surface area contributed by atoms with Crippen molar-refractivity contribution in [3.05, 3.63) is 60.2 Å². The van der Waals surface area contributed by atoms with E-state index in [1.54, 1.807) is 0 Å². The third-order valence-corrected chi connectivity index (χ3v) is 4.23. The normalized spacial score (nSPS) is 12.5. The van der Waals surface area contributed by atoms with Crippen LogP contribution in [0.3, 0.4) is 0 Å². The summed E-state index contributed by atoms with van der Waals surface area (Å²) in [5.74, 6) is 0.813. The predicted molar refractivity (Wildman–Crippen MR) is 93.9 cm³/mol. The number of fused-ring (bicyclic) bond motifs is 3. The van der Waals surface area contributed by atoms with E-state index in [4.69, 9.17) is 0 Å². The van der Waals surface area contributed by atoms with Gasteiger partial charge in [0.2, 0.25) is 5.65 Å². The van der Waals surface area contributed by atoms with Crippen LogP contribution in [0.2, 0.25) is 0 Å². The van der Waals surface area contributed by atoms with E-state index in [-0.39, 0.29) is 6.04 Å². The Morgan fingerprint density at radius 3 is 2.54 bits per heavy atom. The summed E-state index contributed by atoms with van der Waals surface area (Å²) >= 11 is 0. The van der Waals surface area contributed by atoms with Gasteiger partial charge in [-0.3, -0.25) is 0 Å². The van der Waals surface area contributed by atoms with Crippen molar-refractivity contribution in [2.75, 3.05) is 5.32 Å². The molecule has 4 rings (SSSR count). The molecule has 0 saturated carbocycles. The largest absolute Gasteiger partial charge is 0.365 e. The second-order valence-electron chi connectivity index (χ2n) is 5.83. The van der Waals surface area contributed by atoms with Gasteiger partial charge in [-0.25, -0.2) is 0 Å². The second kappa shape index (κ2) is 6.23. The molecule has 0 fully saturated rings. The average molecular weight is 318 g/mol. The molecule has 4 aromatic rings. The van der Waals surface area contributed by atoms with Crippen LogP contribution >= 0.6 is 0 Å². The summed E-state index contributed by atoms with van der Waals surface area (Å²) in [7, 11) is 0. The van der Waals surface area contributed by atoms with Crippen LogP contribution in [0.15, 0.2) is 54.6 Å². The minimum atomic E-state index is 0.289. The van der Waals surface area contributed by atoms with E-state index >= 15 is 0 Å². The molecule has 6 heteroatoms. The lowest BCUT2D eigenvalue weighted by atomic mass is 10.0. The van der Waals surface area contributed by atoms with Gasteiger partial charge in [0.25, 0.3) is 0 Å². The van der Waals surface area contributed by atoms with Crippen LogP contribution in [0.25, 0.3) is 16.4 Å². The number of nitrogens with zero attached hydrogens (tertiary/aromatic N) is 5. The Morgan fingerprint density at radius 1 is 1.00 bits per heavy atom. The highest BCUT2D eigenvalue weighted by atomic mass is 15.6. The van der Waals surface area contributed by atoms with Gasteiger partial charge in [0.15, 0.2) is 5.82 Å². The van der Waals surface area contributed by atoms with Gasteiger partial charge in [-0.15, -0.1) is 14.8 Å². The van der Waals surface area contributed by atoms with Crippen LogP contribution in [-0.2, 0) is 6.42 Å². The fourth-order valence-corrected chi connectivity index (χ4v) is 2.94. The van der Waals surface area contributed by atoms with Crippen LogP contribution in [0, 0.1) is 0 Å². The summed E-state index contributed by atoms with van der Waals surface area (Å²) < 4.78 is 1.49. The molecule has 24 heavy (non-hydrogen) atoms. The Labute approximate surface area is 139 Å². The molecule has 0 amide bonds. The molecule has 6 nitrogen and oxygen atoms in total. The predicted octanol–water partition coefficient (Wildman–Crippen LogP) is 3.11. The fraction of sp³-hybridized carbons (Fsp3) is 0.222. The highest BCUT2D eigenvalue weighted by molar-refractivity contribution is 5.99. The molecular formula is C18H18N6. The highest BCUT2D eigenvalue weighted by Gasteiger charge is 2.14. The summed E-state index contributed by atoms with van der Waals surface area (Å²) in [5, 5.41) is 21.9. The first-order valence-corrected chi connectivity index (χ1v) is 8.12. The first kappa shape index (κ1) is 14.6. The van der Waals surface area contributed by atoms with Crippen LogP contribution in [-0.4, -0.2) is 31.3 Å². The smallest absolute Gasteiger partial charge is 0.207 e. The van der Waals surface area contributed by atoms with E-state index < -0.39 is 0 Å². The standard InChI is InChI=1S/C18H18N6/c1-2-14(12-13-8-4-3-5-9-13)19-17-15-10-6-7-11-16(15)18-20-22-23-24(18)21-17/h3-11,14H,2,12H2,1H3,(H,19,21)/t14-/m1/s1. The molecule has 0 bridgehead atoms. The lowest BCUT2D eigenvalue weighted by Crippen LogP contribution is -2.22. The van der Waals surface area contributed by atoms with E-state index in [0.717, 1.165) is 29.4 Å². The number of rotatable bonds is 5. The van der Waals surface area contributed by atoms with E-state index in [1.807, 2.05) is 24.3 Å². The number of anilines is 1. The van der Waals surface area contributed by atoms with Crippen molar-refractivity contribution < 1.29 is 0 Å². The maximum atomic E-state index is 4.56. The summed E-state index contributed by atoms with van der Waals surface area (Å²) in [5.41, 5.74) is 1.98. The minimum Gasteiger partial charge on any atom is -0.365 e. The van der Waals surface area contributed by atoms with Crippen LogP contribution in [0.1, 0.15) is 18.9 Å². The SMILES string of the molecule is CC[C@H](Cc1ccccc1)Nc1nn2nnnc2c2ccccc12. The Hall–Kier alpha value is -3.02. The Bertz CT molecular complexity index is 963. The maximum absolute atomic E-state index is 4.56.